The molecule has 0 spiro atoms. The molecule has 2 unspecified atom stereocenters. The van der Waals surface area contributed by atoms with Gasteiger partial charge in [0.1, 0.15) is 13.2 Å². The van der Waals surface area contributed by atoms with Crippen LogP contribution in [0, 0.1) is 21.7 Å². The lowest BCUT2D eigenvalue weighted by Crippen LogP contribution is -2.39. The number of carbonyl (C=O) groups is 4. The number of esters is 4. The molecule has 2 atom stereocenters. The van der Waals surface area contributed by atoms with Crippen LogP contribution in [-0.4, -0.2) is 110 Å². The van der Waals surface area contributed by atoms with Crippen LogP contribution < -0.4 is 0 Å². The van der Waals surface area contributed by atoms with E-state index < -0.39 is 45.5 Å². The van der Waals surface area contributed by atoms with Gasteiger partial charge in [-0.25, -0.2) is 0 Å². The zero-order chi connectivity index (χ0) is 35.3. The largest absolute Gasteiger partial charge is 0.463 e. The second-order valence-corrected chi connectivity index (χ2v) is 15.3. The average molecular weight is 699 g/mol. The van der Waals surface area contributed by atoms with Crippen molar-refractivity contribution in [3.8, 4) is 0 Å². The minimum Gasteiger partial charge on any atom is -0.463 e. The second kappa shape index (κ2) is 22.9. The minimum atomic E-state index is -0.921. The van der Waals surface area contributed by atoms with Gasteiger partial charge in [0, 0.05) is 23.0 Å². The molecule has 0 fully saturated rings. The van der Waals surface area contributed by atoms with Gasteiger partial charge in [0.15, 0.2) is 13.6 Å². The summed E-state index contributed by atoms with van der Waals surface area (Å²) in [6.07, 6.45) is 1.45. The van der Waals surface area contributed by atoms with Gasteiger partial charge < -0.3 is 38.6 Å². The predicted octanol–water partition coefficient (Wildman–Crippen LogP) is 4.22. The molecular weight excluding hydrogens is 640 g/mol. The van der Waals surface area contributed by atoms with Gasteiger partial charge in [-0.05, 0) is 67.2 Å². The molecule has 0 aliphatic heterocycles. The Balaban J connectivity index is 4.08. The van der Waals surface area contributed by atoms with Gasteiger partial charge in [-0.15, -0.1) is 0 Å². The molecule has 0 aromatic rings. The van der Waals surface area contributed by atoms with Crippen molar-refractivity contribution in [1.29, 1.82) is 0 Å². The summed E-state index contributed by atoms with van der Waals surface area (Å²) in [6, 6.07) is 0. The van der Waals surface area contributed by atoms with Gasteiger partial charge in [-0.1, -0.05) is 13.8 Å². The fourth-order valence-electron chi connectivity index (χ4n) is 4.66. The number of hydrogen-bond acceptors (Lipinski definition) is 14. The highest BCUT2D eigenvalue weighted by Crippen LogP contribution is 2.39. The Morgan fingerprint density at radius 2 is 0.870 bits per heavy atom. The number of thioether (sulfide) groups is 2. The normalized spacial score (nSPS) is 14.6. The molecule has 46 heavy (non-hydrogen) atoms. The maximum absolute atomic E-state index is 12.7. The van der Waals surface area contributed by atoms with Crippen molar-refractivity contribution >= 4 is 47.4 Å². The quantitative estimate of drug-likeness (QED) is 0.0542. The molecule has 0 amide bonds. The van der Waals surface area contributed by atoms with Crippen molar-refractivity contribution in [1.82, 2.24) is 0 Å². The molecule has 0 radical (unpaired) electrons. The molecule has 14 heteroatoms. The molecular formula is C32H58O12S2. The highest BCUT2D eigenvalue weighted by Gasteiger charge is 2.44. The third-order valence-electron chi connectivity index (χ3n) is 7.63. The number of aliphatic hydroxyl groups excluding tert-OH is 2. The average Bonchev–Trinajstić information content (AvgIpc) is 3.01. The van der Waals surface area contributed by atoms with Crippen molar-refractivity contribution in [2.24, 2.45) is 21.7 Å². The summed E-state index contributed by atoms with van der Waals surface area (Å²) >= 11 is 3.43. The highest BCUT2D eigenvalue weighted by molar-refractivity contribution is 8.02. The molecule has 0 bridgehead atoms. The topological polar surface area (TPSA) is 164 Å². The first kappa shape index (κ1) is 44.4. The SMILES string of the molecule is CCC(C)(CC(C)(C)C(=O)OCOCCSCCSCCOCOC(=O)C(C)(CC)CC(C)(C)C(=O)OCCO)C(=O)OCCO. The first-order valence-electron chi connectivity index (χ1n) is 15.8. The van der Waals surface area contributed by atoms with Crippen molar-refractivity contribution in [3.05, 3.63) is 0 Å². The van der Waals surface area contributed by atoms with Crippen LogP contribution in [0.1, 0.15) is 81.1 Å². The molecule has 12 nitrogen and oxygen atoms in total. The second-order valence-electron chi connectivity index (χ2n) is 12.8. The third-order valence-corrected chi connectivity index (χ3v) is 9.78. The van der Waals surface area contributed by atoms with Crippen LogP contribution in [-0.2, 0) is 47.6 Å². The molecule has 0 saturated heterocycles. The number of aliphatic hydroxyl groups is 2. The molecule has 2 N–H and O–H groups in total. The van der Waals surface area contributed by atoms with Crippen LogP contribution >= 0.6 is 23.5 Å². The van der Waals surface area contributed by atoms with E-state index in [4.69, 9.17) is 38.6 Å². The lowest BCUT2D eigenvalue weighted by Gasteiger charge is -2.33. The number of carbonyl (C=O) groups excluding carboxylic acids is 4. The van der Waals surface area contributed by atoms with E-state index in [-0.39, 0.29) is 52.9 Å². The zero-order valence-corrected chi connectivity index (χ0v) is 30.7. The van der Waals surface area contributed by atoms with E-state index in [2.05, 4.69) is 0 Å². The molecule has 0 rings (SSSR count). The summed E-state index contributed by atoms with van der Waals surface area (Å²) < 4.78 is 31.7. The van der Waals surface area contributed by atoms with Gasteiger partial charge in [0.25, 0.3) is 0 Å². The van der Waals surface area contributed by atoms with E-state index in [9.17, 15) is 19.2 Å². The van der Waals surface area contributed by atoms with Gasteiger partial charge >= 0.3 is 23.9 Å². The number of hydrogen-bond donors (Lipinski definition) is 2. The smallest absolute Gasteiger partial charge is 0.313 e. The lowest BCUT2D eigenvalue weighted by molar-refractivity contribution is -0.173. The van der Waals surface area contributed by atoms with Crippen LogP contribution in [0.3, 0.4) is 0 Å². The molecule has 0 aliphatic carbocycles. The fraction of sp³-hybridized carbons (Fsp3) is 0.875. The standard InChI is InChI=1S/C32H58O12S2/c1-9-31(7,27(37)42-14-12-34)22-30(5,6)26(36)43-23-39-15-17-45-19-20-46-18-16-40-24-44-28(38)32(8,10-2)21-29(3,4)25(35)41-13-11-33/h33-34H,9-24H2,1-8H3. The number of ether oxygens (including phenoxy) is 6. The van der Waals surface area contributed by atoms with Crippen molar-refractivity contribution in [2.45, 2.75) is 81.1 Å². The van der Waals surface area contributed by atoms with E-state index in [1.807, 2.05) is 13.8 Å². The van der Waals surface area contributed by atoms with E-state index >= 15 is 0 Å². The van der Waals surface area contributed by atoms with Crippen LogP contribution in [0.2, 0.25) is 0 Å². The Kier molecular flexibility index (Phi) is 22.1. The minimum absolute atomic E-state index is 0.0765. The molecule has 0 heterocycles. The zero-order valence-electron chi connectivity index (χ0n) is 29.1. The molecule has 0 aromatic carbocycles. The summed E-state index contributed by atoms with van der Waals surface area (Å²) in [5.74, 6) is 1.49. The Bertz CT molecular complexity index is 914. The fourth-order valence-corrected chi connectivity index (χ4v) is 6.48. The molecule has 0 aromatic heterocycles. The Morgan fingerprint density at radius 1 is 0.522 bits per heavy atom. The van der Waals surface area contributed by atoms with Crippen molar-refractivity contribution < 1.29 is 57.8 Å². The van der Waals surface area contributed by atoms with E-state index in [1.54, 1.807) is 65.1 Å². The third kappa shape index (κ3) is 17.0. The first-order valence-corrected chi connectivity index (χ1v) is 18.1. The summed E-state index contributed by atoms with van der Waals surface area (Å²) in [5, 5.41) is 17.8. The van der Waals surface area contributed by atoms with Gasteiger partial charge in [-0.2, -0.15) is 23.5 Å². The van der Waals surface area contributed by atoms with Crippen molar-refractivity contribution in [3.63, 3.8) is 0 Å². The van der Waals surface area contributed by atoms with Gasteiger partial charge in [-0.3, -0.25) is 19.2 Å². The van der Waals surface area contributed by atoms with Crippen LogP contribution in [0.4, 0.5) is 0 Å². The van der Waals surface area contributed by atoms with Gasteiger partial charge in [0.05, 0.1) is 48.1 Å². The van der Waals surface area contributed by atoms with Crippen LogP contribution in [0.5, 0.6) is 0 Å². The highest BCUT2D eigenvalue weighted by atomic mass is 32.2. The monoisotopic (exact) mass is 698 g/mol. The number of rotatable bonds is 27. The summed E-state index contributed by atoms with van der Waals surface area (Å²) in [4.78, 5) is 50.1. The Morgan fingerprint density at radius 3 is 1.26 bits per heavy atom. The Labute approximate surface area is 283 Å². The molecule has 270 valence electrons. The maximum Gasteiger partial charge on any atom is 0.313 e. The van der Waals surface area contributed by atoms with Crippen LogP contribution in [0.25, 0.3) is 0 Å². The summed E-state index contributed by atoms with van der Waals surface area (Å²) in [5.41, 5.74) is -3.59. The molecule has 0 saturated carbocycles. The van der Waals surface area contributed by atoms with Gasteiger partial charge in [0.2, 0.25) is 0 Å². The van der Waals surface area contributed by atoms with E-state index in [0.29, 0.717) is 26.1 Å². The molecule has 0 aliphatic rings. The van der Waals surface area contributed by atoms with E-state index in [1.165, 1.54) is 0 Å². The lowest BCUT2D eigenvalue weighted by atomic mass is 9.72. The Hall–Kier alpha value is -1.58. The summed E-state index contributed by atoms with van der Waals surface area (Å²) in [7, 11) is 0. The maximum atomic E-state index is 12.7. The van der Waals surface area contributed by atoms with E-state index in [0.717, 1.165) is 23.0 Å². The van der Waals surface area contributed by atoms with Crippen molar-refractivity contribution in [2.75, 3.05) is 76.2 Å². The van der Waals surface area contributed by atoms with Crippen LogP contribution in [0.15, 0.2) is 0 Å². The first-order chi connectivity index (χ1) is 21.5. The summed E-state index contributed by atoms with van der Waals surface area (Å²) in [6.45, 7) is 14.0. The predicted molar refractivity (Wildman–Crippen MR) is 178 cm³/mol.